The number of nitrogens with one attached hydrogen (secondary N) is 2. The van der Waals surface area contributed by atoms with E-state index in [0.29, 0.717) is 16.4 Å². The molecular weight excluding hydrogens is 376 g/mol. The number of thiophene rings is 1. The average molecular weight is 388 g/mol. The topological polar surface area (TPSA) is 58.2 Å². The largest absolute Gasteiger partial charge is 0.350 e. The average Bonchev–Trinajstić information content (AvgIpc) is 2.88. The molecule has 2 N–H and O–H groups in total. The molecule has 2 aromatic rings. The highest BCUT2D eigenvalue weighted by Crippen LogP contribution is 2.20. The predicted octanol–water partition coefficient (Wildman–Crippen LogP) is 3.21. The molecule has 0 bridgehead atoms. The third-order valence-electron chi connectivity index (χ3n) is 2.58. The molecule has 0 saturated heterocycles. The van der Waals surface area contributed by atoms with Gasteiger partial charge in [0.1, 0.15) is 0 Å². The number of hydrogen-bond donors (Lipinski definition) is 2. The van der Waals surface area contributed by atoms with Crippen LogP contribution in [0.15, 0.2) is 40.9 Å². The van der Waals surface area contributed by atoms with Crippen LogP contribution >= 0.6 is 38.9 Å². The zero-order valence-corrected chi connectivity index (χ0v) is 14.0. The summed E-state index contributed by atoms with van der Waals surface area (Å²) in [7, 11) is 0. The molecule has 0 aliphatic carbocycles. The van der Waals surface area contributed by atoms with E-state index in [9.17, 15) is 9.59 Å². The Bertz CT molecular complexity index is 660. The van der Waals surface area contributed by atoms with Crippen molar-refractivity contribution < 1.29 is 9.59 Å². The first-order valence-corrected chi connectivity index (χ1v) is 8.08. The lowest BCUT2D eigenvalue weighted by molar-refractivity contribution is -0.120. The van der Waals surface area contributed by atoms with Gasteiger partial charge in [0, 0.05) is 14.9 Å². The molecule has 4 nitrogen and oxygen atoms in total. The van der Waals surface area contributed by atoms with Gasteiger partial charge in [-0.1, -0.05) is 33.6 Å². The van der Waals surface area contributed by atoms with Crippen molar-refractivity contribution in [1.29, 1.82) is 0 Å². The lowest BCUT2D eigenvalue weighted by atomic mass is 10.2. The number of rotatable bonds is 5. The Labute approximate surface area is 139 Å². The summed E-state index contributed by atoms with van der Waals surface area (Å²) in [6.07, 6.45) is 0. The van der Waals surface area contributed by atoms with Crippen LogP contribution in [0.4, 0.5) is 0 Å². The molecule has 0 saturated carbocycles. The molecule has 0 atom stereocenters. The number of carbonyl (C=O) groups is 2. The highest BCUT2D eigenvalue weighted by atomic mass is 79.9. The van der Waals surface area contributed by atoms with Crippen molar-refractivity contribution >= 4 is 50.7 Å². The highest BCUT2D eigenvalue weighted by Gasteiger charge is 2.08. The van der Waals surface area contributed by atoms with Gasteiger partial charge >= 0.3 is 0 Å². The number of benzene rings is 1. The summed E-state index contributed by atoms with van der Waals surface area (Å²) in [5.74, 6) is -0.534. The summed E-state index contributed by atoms with van der Waals surface area (Å²) in [4.78, 5) is 24.5. The second-order valence-electron chi connectivity index (χ2n) is 4.18. The van der Waals surface area contributed by atoms with E-state index < -0.39 is 0 Å². The van der Waals surface area contributed by atoms with Crippen molar-refractivity contribution in [3.05, 3.63) is 55.6 Å². The molecule has 2 rings (SSSR count). The predicted molar refractivity (Wildman–Crippen MR) is 87.7 cm³/mol. The third kappa shape index (κ3) is 5.15. The Hall–Kier alpha value is -1.37. The standard InChI is InChI=1S/C14H12BrClN2O2S/c15-10-3-1-2-9(6-10)14(20)18-8-13(19)17-7-11-4-5-12(16)21-11/h1-6H,7-8H2,(H,17,19)(H,18,20). The second kappa shape index (κ2) is 7.59. The van der Waals surface area contributed by atoms with Gasteiger partial charge in [0.25, 0.3) is 5.91 Å². The quantitative estimate of drug-likeness (QED) is 0.827. The molecule has 0 spiro atoms. The van der Waals surface area contributed by atoms with Crippen LogP contribution in [0, 0.1) is 0 Å². The molecule has 2 amide bonds. The van der Waals surface area contributed by atoms with E-state index in [2.05, 4.69) is 26.6 Å². The van der Waals surface area contributed by atoms with Crippen LogP contribution in [0.3, 0.4) is 0 Å². The van der Waals surface area contributed by atoms with Gasteiger partial charge in [-0.2, -0.15) is 0 Å². The van der Waals surface area contributed by atoms with Gasteiger partial charge in [-0.3, -0.25) is 9.59 Å². The molecule has 110 valence electrons. The Morgan fingerprint density at radius 3 is 2.67 bits per heavy atom. The van der Waals surface area contributed by atoms with Gasteiger partial charge in [0.05, 0.1) is 17.4 Å². The van der Waals surface area contributed by atoms with E-state index in [1.54, 1.807) is 24.3 Å². The maximum Gasteiger partial charge on any atom is 0.251 e. The first-order chi connectivity index (χ1) is 10.0. The van der Waals surface area contributed by atoms with Crippen LogP contribution < -0.4 is 10.6 Å². The fourth-order valence-corrected chi connectivity index (χ4v) is 3.01. The maximum atomic E-state index is 11.9. The van der Waals surface area contributed by atoms with Crippen LogP contribution in [-0.2, 0) is 11.3 Å². The Morgan fingerprint density at radius 2 is 2.00 bits per heavy atom. The first kappa shape index (κ1) is 16.0. The zero-order valence-electron chi connectivity index (χ0n) is 10.9. The van der Waals surface area contributed by atoms with Crippen molar-refractivity contribution in [3.63, 3.8) is 0 Å². The fourth-order valence-electron chi connectivity index (χ4n) is 1.59. The van der Waals surface area contributed by atoms with Gasteiger partial charge in [0.15, 0.2) is 0 Å². The van der Waals surface area contributed by atoms with Crippen LogP contribution in [0.5, 0.6) is 0 Å². The van der Waals surface area contributed by atoms with E-state index in [1.807, 2.05) is 12.1 Å². The van der Waals surface area contributed by atoms with E-state index in [-0.39, 0.29) is 18.4 Å². The molecule has 7 heteroatoms. The van der Waals surface area contributed by atoms with Gasteiger partial charge in [-0.25, -0.2) is 0 Å². The number of hydrogen-bond acceptors (Lipinski definition) is 3. The molecule has 0 aliphatic heterocycles. The molecule has 1 heterocycles. The molecular formula is C14H12BrClN2O2S. The van der Waals surface area contributed by atoms with Crippen LogP contribution in [0.25, 0.3) is 0 Å². The molecule has 0 radical (unpaired) electrons. The third-order valence-corrected chi connectivity index (χ3v) is 4.31. The van der Waals surface area contributed by atoms with Crippen molar-refractivity contribution in [1.82, 2.24) is 10.6 Å². The van der Waals surface area contributed by atoms with Crippen molar-refractivity contribution in [2.75, 3.05) is 6.54 Å². The summed E-state index contributed by atoms with van der Waals surface area (Å²) in [6.45, 7) is 0.341. The van der Waals surface area contributed by atoms with Crippen molar-refractivity contribution in [2.45, 2.75) is 6.54 Å². The SMILES string of the molecule is O=C(CNC(=O)c1cccc(Br)c1)NCc1ccc(Cl)s1. The fraction of sp³-hybridized carbons (Fsp3) is 0.143. The van der Waals surface area contributed by atoms with Crippen LogP contribution in [0.1, 0.15) is 15.2 Å². The molecule has 21 heavy (non-hydrogen) atoms. The van der Waals surface area contributed by atoms with Gasteiger partial charge in [0.2, 0.25) is 5.91 Å². The van der Waals surface area contributed by atoms with Crippen molar-refractivity contribution in [2.24, 2.45) is 0 Å². The number of carbonyl (C=O) groups excluding carboxylic acids is 2. The summed E-state index contributed by atoms with van der Waals surface area (Å²) < 4.78 is 1.50. The first-order valence-electron chi connectivity index (χ1n) is 6.09. The minimum atomic E-state index is -0.286. The summed E-state index contributed by atoms with van der Waals surface area (Å²) in [6, 6.07) is 10.6. The van der Waals surface area contributed by atoms with E-state index in [4.69, 9.17) is 11.6 Å². The smallest absolute Gasteiger partial charge is 0.251 e. The Kier molecular flexibility index (Phi) is 5.78. The molecule has 0 fully saturated rings. The van der Waals surface area contributed by atoms with E-state index >= 15 is 0 Å². The monoisotopic (exact) mass is 386 g/mol. The minimum absolute atomic E-state index is 0.0650. The summed E-state index contributed by atoms with van der Waals surface area (Å²) in [5, 5.41) is 5.29. The minimum Gasteiger partial charge on any atom is -0.350 e. The molecule has 1 aromatic heterocycles. The number of halogens is 2. The lowest BCUT2D eigenvalue weighted by Crippen LogP contribution is -2.36. The molecule has 0 aliphatic rings. The zero-order chi connectivity index (χ0) is 15.2. The second-order valence-corrected chi connectivity index (χ2v) is 6.89. The summed E-state index contributed by atoms with van der Waals surface area (Å²) >= 11 is 10.5. The Morgan fingerprint density at radius 1 is 1.19 bits per heavy atom. The Balaban J connectivity index is 1.77. The summed E-state index contributed by atoms with van der Waals surface area (Å²) in [5.41, 5.74) is 0.502. The maximum absolute atomic E-state index is 11.9. The van der Waals surface area contributed by atoms with Crippen LogP contribution in [0.2, 0.25) is 4.34 Å². The highest BCUT2D eigenvalue weighted by molar-refractivity contribution is 9.10. The normalized spacial score (nSPS) is 10.2. The van der Waals surface area contributed by atoms with Gasteiger partial charge in [-0.05, 0) is 30.3 Å². The number of amides is 2. The molecule has 1 aromatic carbocycles. The van der Waals surface area contributed by atoms with Crippen LogP contribution in [-0.4, -0.2) is 18.4 Å². The lowest BCUT2D eigenvalue weighted by Gasteiger charge is -2.06. The van der Waals surface area contributed by atoms with E-state index in [0.717, 1.165) is 9.35 Å². The molecule has 0 unspecified atom stereocenters. The van der Waals surface area contributed by atoms with E-state index in [1.165, 1.54) is 11.3 Å². The van der Waals surface area contributed by atoms with Gasteiger partial charge in [-0.15, -0.1) is 11.3 Å². The van der Waals surface area contributed by atoms with Crippen molar-refractivity contribution in [3.8, 4) is 0 Å². The van der Waals surface area contributed by atoms with Gasteiger partial charge < -0.3 is 10.6 Å².